The van der Waals surface area contributed by atoms with Crippen molar-refractivity contribution < 1.29 is 21.9 Å². The van der Waals surface area contributed by atoms with Crippen LogP contribution in [0.5, 0.6) is 0 Å². The van der Waals surface area contributed by atoms with Gasteiger partial charge in [0.05, 0.1) is 18.6 Å². The Morgan fingerprint density at radius 3 is 1.81 bits per heavy atom. The highest BCUT2D eigenvalue weighted by Crippen LogP contribution is 2.10. The van der Waals surface area contributed by atoms with Crippen LogP contribution >= 0.6 is 0 Å². The van der Waals surface area contributed by atoms with E-state index >= 15 is 0 Å². The molecule has 96 valence electrons. The van der Waals surface area contributed by atoms with Crippen LogP contribution < -0.4 is 0 Å². The molecule has 9 heteroatoms. The summed E-state index contributed by atoms with van der Waals surface area (Å²) in [5.74, 6) is -0.314. The topological polar surface area (TPSA) is 95.0 Å². The molecule has 1 fully saturated rings. The number of aliphatic hydroxyl groups is 1. The van der Waals surface area contributed by atoms with Crippen LogP contribution in [0, 0.1) is 0 Å². The summed E-state index contributed by atoms with van der Waals surface area (Å²) in [7, 11) is -6.69. The fourth-order valence-electron chi connectivity index (χ4n) is 1.52. The Bertz CT molecular complexity index is 422. The van der Waals surface area contributed by atoms with Crippen molar-refractivity contribution in [3.8, 4) is 0 Å². The zero-order valence-corrected chi connectivity index (χ0v) is 10.7. The molecule has 1 heterocycles. The number of rotatable bonds is 4. The maximum Gasteiger partial charge on any atom is 0.216 e. The maximum atomic E-state index is 11.5. The number of aliphatic hydroxyl groups excluding tert-OH is 1. The van der Waals surface area contributed by atoms with Crippen molar-refractivity contribution >= 4 is 20.0 Å². The van der Waals surface area contributed by atoms with Crippen molar-refractivity contribution in [2.75, 3.05) is 44.8 Å². The molecular weight excluding hydrogens is 256 g/mol. The molecule has 1 aliphatic rings. The molecular formula is C7H16N2O5S2. The molecule has 0 aromatic rings. The molecule has 1 N–H and O–H groups in total. The lowest BCUT2D eigenvalue weighted by Gasteiger charge is -2.32. The smallest absolute Gasteiger partial charge is 0.216 e. The summed E-state index contributed by atoms with van der Waals surface area (Å²) >= 11 is 0. The normalized spacial score (nSPS) is 21.1. The van der Waals surface area contributed by atoms with E-state index in [1.807, 2.05) is 0 Å². The van der Waals surface area contributed by atoms with Gasteiger partial charge in [-0.15, -0.1) is 0 Å². The van der Waals surface area contributed by atoms with Gasteiger partial charge in [0.25, 0.3) is 0 Å². The lowest BCUT2D eigenvalue weighted by Crippen LogP contribution is -2.50. The minimum absolute atomic E-state index is 0.148. The monoisotopic (exact) mass is 272 g/mol. The number of sulfonamides is 2. The molecule has 0 aliphatic carbocycles. The third kappa shape index (κ3) is 3.39. The van der Waals surface area contributed by atoms with Crippen LogP contribution in [0.15, 0.2) is 0 Å². The van der Waals surface area contributed by atoms with Gasteiger partial charge < -0.3 is 5.11 Å². The Morgan fingerprint density at radius 2 is 1.44 bits per heavy atom. The standard InChI is InChI=1S/C7H16N2O5S2/c1-15(11,12)8-2-4-9(5-3-8)16(13,14)7-6-10/h10H,2-7H2,1H3. The van der Waals surface area contributed by atoms with E-state index in [1.165, 1.54) is 8.61 Å². The van der Waals surface area contributed by atoms with Crippen molar-refractivity contribution in [1.29, 1.82) is 0 Å². The van der Waals surface area contributed by atoms with Crippen LogP contribution in [-0.2, 0) is 20.0 Å². The SMILES string of the molecule is CS(=O)(=O)N1CCN(S(=O)(=O)CCO)CC1. The van der Waals surface area contributed by atoms with Gasteiger partial charge in [-0.05, 0) is 0 Å². The van der Waals surface area contributed by atoms with Crippen LogP contribution in [0.2, 0.25) is 0 Å². The lowest BCUT2D eigenvalue weighted by atomic mass is 10.4. The molecule has 0 aromatic carbocycles. The molecule has 0 amide bonds. The first-order valence-electron chi connectivity index (χ1n) is 4.81. The van der Waals surface area contributed by atoms with Crippen LogP contribution in [0.1, 0.15) is 0 Å². The number of nitrogens with zero attached hydrogens (tertiary/aromatic N) is 2. The molecule has 0 unspecified atom stereocenters. The molecule has 1 aliphatic heterocycles. The third-order valence-electron chi connectivity index (χ3n) is 2.41. The molecule has 0 saturated carbocycles. The first-order valence-corrected chi connectivity index (χ1v) is 8.27. The zero-order valence-electron chi connectivity index (χ0n) is 9.03. The summed E-state index contributed by atoms with van der Waals surface area (Å²) in [4.78, 5) is 0. The van der Waals surface area contributed by atoms with Crippen molar-refractivity contribution in [2.45, 2.75) is 0 Å². The third-order valence-corrected chi connectivity index (χ3v) is 5.56. The van der Waals surface area contributed by atoms with E-state index in [0.29, 0.717) is 0 Å². The summed E-state index contributed by atoms with van der Waals surface area (Å²) in [5.41, 5.74) is 0. The number of piperazine rings is 1. The average molecular weight is 272 g/mol. The Kier molecular flexibility index (Phi) is 4.29. The van der Waals surface area contributed by atoms with Crippen molar-refractivity contribution in [1.82, 2.24) is 8.61 Å². The maximum absolute atomic E-state index is 11.5. The molecule has 1 saturated heterocycles. The van der Waals surface area contributed by atoms with Crippen LogP contribution in [0.3, 0.4) is 0 Å². The Balaban J connectivity index is 2.63. The summed E-state index contributed by atoms with van der Waals surface area (Å²) in [6, 6.07) is 0. The van der Waals surface area contributed by atoms with Crippen LogP contribution in [0.4, 0.5) is 0 Å². The summed E-state index contributed by atoms with van der Waals surface area (Å²) in [5, 5.41) is 8.60. The quantitative estimate of drug-likeness (QED) is 0.632. The van der Waals surface area contributed by atoms with Gasteiger partial charge in [0.1, 0.15) is 0 Å². The first kappa shape index (κ1) is 13.8. The molecule has 0 radical (unpaired) electrons. The van der Waals surface area contributed by atoms with Gasteiger partial charge in [0.2, 0.25) is 20.0 Å². The summed E-state index contributed by atoms with van der Waals surface area (Å²) in [6.45, 7) is 0.215. The van der Waals surface area contributed by atoms with Gasteiger partial charge in [-0.3, -0.25) is 0 Å². The van der Waals surface area contributed by atoms with Gasteiger partial charge in [0.15, 0.2) is 0 Å². The highest BCUT2D eigenvalue weighted by Gasteiger charge is 2.29. The molecule has 16 heavy (non-hydrogen) atoms. The van der Waals surface area contributed by atoms with E-state index < -0.39 is 26.7 Å². The molecule has 0 atom stereocenters. The van der Waals surface area contributed by atoms with Gasteiger partial charge in [-0.25, -0.2) is 16.8 Å². The second kappa shape index (κ2) is 4.96. The summed E-state index contributed by atoms with van der Waals surface area (Å²) < 4.78 is 47.9. The van der Waals surface area contributed by atoms with Crippen molar-refractivity contribution in [2.24, 2.45) is 0 Å². The minimum Gasteiger partial charge on any atom is -0.395 e. The average Bonchev–Trinajstić information content (AvgIpc) is 2.16. The van der Waals surface area contributed by atoms with Crippen LogP contribution in [0.25, 0.3) is 0 Å². The van der Waals surface area contributed by atoms with E-state index in [9.17, 15) is 16.8 Å². The lowest BCUT2D eigenvalue weighted by molar-refractivity contribution is 0.268. The van der Waals surface area contributed by atoms with E-state index in [2.05, 4.69) is 0 Å². The largest absolute Gasteiger partial charge is 0.395 e. The van der Waals surface area contributed by atoms with Gasteiger partial charge in [-0.1, -0.05) is 0 Å². The van der Waals surface area contributed by atoms with E-state index in [1.54, 1.807) is 0 Å². The molecule has 0 aromatic heterocycles. The van der Waals surface area contributed by atoms with Gasteiger partial charge in [0, 0.05) is 26.2 Å². The van der Waals surface area contributed by atoms with Crippen molar-refractivity contribution in [3.63, 3.8) is 0 Å². The molecule has 7 nitrogen and oxygen atoms in total. The number of hydrogen-bond acceptors (Lipinski definition) is 5. The Labute approximate surface area is 95.8 Å². The first-order chi connectivity index (χ1) is 7.27. The van der Waals surface area contributed by atoms with E-state index in [-0.39, 0.29) is 31.9 Å². The fourth-order valence-corrected chi connectivity index (χ4v) is 3.56. The van der Waals surface area contributed by atoms with E-state index in [0.717, 1.165) is 6.26 Å². The fraction of sp³-hybridized carbons (Fsp3) is 1.00. The Morgan fingerprint density at radius 1 is 1.00 bits per heavy atom. The molecule has 0 spiro atoms. The number of hydrogen-bond donors (Lipinski definition) is 1. The second-order valence-electron chi connectivity index (χ2n) is 3.60. The van der Waals surface area contributed by atoms with Gasteiger partial charge >= 0.3 is 0 Å². The Hall–Kier alpha value is -0.220. The van der Waals surface area contributed by atoms with Crippen LogP contribution in [-0.4, -0.2) is 75.3 Å². The zero-order chi connectivity index (χ0) is 12.4. The second-order valence-corrected chi connectivity index (χ2v) is 7.67. The predicted octanol–water partition coefficient (Wildman–Crippen LogP) is -2.11. The van der Waals surface area contributed by atoms with E-state index in [4.69, 9.17) is 5.11 Å². The molecule has 1 rings (SSSR count). The summed E-state index contributed by atoms with van der Waals surface area (Å²) in [6.07, 6.45) is 1.10. The highest BCUT2D eigenvalue weighted by molar-refractivity contribution is 7.89. The highest BCUT2D eigenvalue weighted by atomic mass is 32.2. The van der Waals surface area contributed by atoms with Gasteiger partial charge in [-0.2, -0.15) is 8.61 Å². The van der Waals surface area contributed by atoms with Crippen molar-refractivity contribution in [3.05, 3.63) is 0 Å². The molecule has 0 bridgehead atoms. The minimum atomic E-state index is -3.44. The predicted molar refractivity (Wildman–Crippen MR) is 58.9 cm³/mol.